The number of hydrogen-bond donors (Lipinski definition) is 1. The number of esters is 1. The van der Waals surface area contributed by atoms with Crippen LogP contribution in [0.3, 0.4) is 0 Å². The van der Waals surface area contributed by atoms with E-state index in [2.05, 4.69) is 22.6 Å². The van der Waals surface area contributed by atoms with Crippen LogP contribution in [0.1, 0.15) is 6.92 Å². The molecule has 0 aromatic rings. The Labute approximate surface area is 117 Å². The van der Waals surface area contributed by atoms with Crippen LogP contribution in [0.15, 0.2) is 11.3 Å². The Kier molecular flexibility index (Phi) is 3.99. The van der Waals surface area contributed by atoms with E-state index in [1.807, 2.05) is 0 Å². The van der Waals surface area contributed by atoms with E-state index in [1.165, 1.54) is 4.90 Å². The number of β-lactam (4-membered cyclic amide) rings is 1. The average molecular weight is 368 g/mol. The van der Waals surface area contributed by atoms with E-state index in [0.29, 0.717) is 16.7 Å². The number of amides is 1. The minimum atomic E-state index is -0.486. The van der Waals surface area contributed by atoms with Crippen LogP contribution < -0.4 is 5.73 Å². The van der Waals surface area contributed by atoms with Gasteiger partial charge in [0.25, 0.3) is 0 Å². The predicted molar refractivity (Wildman–Crippen MR) is 73.6 cm³/mol. The summed E-state index contributed by atoms with van der Waals surface area (Å²) >= 11 is 3.80. The lowest BCUT2D eigenvalue weighted by molar-refractivity contribution is -0.150. The largest absolute Gasteiger partial charge is 0.461 e. The van der Waals surface area contributed by atoms with Crippen LogP contribution in [0.5, 0.6) is 0 Å². The first-order valence-corrected chi connectivity index (χ1v) is 7.84. The highest BCUT2D eigenvalue weighted by Crippen LogP contribution is 2.40. The highest BCUT2D eigenvalue weighted by Gasteiger charge is 2.51. The first-order valence-electron chi connectivity index (χ1n) is 5.27. The number of ether oxygens (including phenoxy) is 1. The number of hydrogen-bond acceptors (Lipinski definition) is 5. The van der Waals surface area contributed by atoms with Crippen molar-refractivity contribution in [3.05, 3.63) is 11.3 Å². The molecule has 2 heterocycles. The Morgan fingerprint density at radius 2 is 2.41 bits per heavy atom. The first-order chi connectivity index (χ1) is 8.11. The molecule has 1 amide bonds. The van der Waals surface area contributed by atoms with Crippen molar-refractivity contribution in [3.63, 3.8) is 0 Å². The lowest BCUT2D eigenvalue weighted by Crippen LogP contribution is -2.68. The summed E-state index contributed by atoms with van der Waals surface area (Å²) in [5.74, 6) is 0.136. The molecule has 0 aliphatic carbocycles. The minimum absolute atomic E-state index is 0.103. The van der Waals surface area contributed by atoms with Crippen LogP contribution >= 0.6 is 34.4 Å². The van der Waals surface area contributed by atoms with Gasteiger partial charge in [-0.2, -0.15) is 0 Å². The van der Waals surface area contributed by atoms with E-state index in [-0.39, 0.29) is 11.3 Å². The molecule has 0 spiro atoms. The summed E-state index contributed by atoms with van der Waals surface area (Å²) in [5.41, 5.74) is 7.07. The molecule has 1 fully saturated rings. The first kappa shape index (κ1) is 13.2. The number of halogens is 1. The highest BCUT2D eigenvalue weighted by atomic mass is 127. The van der Waals surface area contributed by atoms with Crippen molar-refractivity contribution in [3.8, 4) is 0 Å². The molecular formula is C10H13IN2O3S. The fourth-order valence-electron chi connectivity index (χ4n) is 1.87. The van der Waals surface area contributed by atoms with Gasteiger partial charge in [0.05, 0.1) is 6.61 Å². The van der Waals surface area contributed by atoms with E-state index >= 15 is 0 Å². The Balaban J connectivity index is 2.31. The number of nitrogens with zero attached hydrogens (tertiary/aromatic N) is 1. The lowest BCUT2D eigenvalue weighted by Gasteiger charge is -2.48. The number of rotatable bonds is 3. The summed E-state index contributed by atoms with van der Waals surface area (Å²) in [6, 6.07) is -0.486. The summed E-state index contributed by atoms with van der Waals surface area (Å²) in [6.45, 7) is 2.06. The molecule has 7 heteroatoms. The van der Waals surface area contributed by atoms with Gasteiger partial charge in [0, 0.05) is 10.2 Å². The molecule has 0 saturated carbocycles. The van der Waals surface area contributed by atoms with E-state index in [0.717, 1.165) is 11.3 Å². The monoisotopic (exact) mass is 368 g/mol. The van der Waals surface area contributed by atoms with Gasteiger partial charge in [0.2, 0.25) is 5.91 Å². The topological polar surface area (TPSA) is 72.6 Å². The molecule has 5 nitrogen and oxygen atoms in total. The van der Waals surface area contributed by atoms with Crippen LogP contribution in [-0.4, -0.2) is 45.0 Å². The van der Waals surface area contributed by atoms with Crippen LogP contribution in [-0.2, 0) is 14.3 Å². The molecule has 2 N–H and O–H groups in total. The third-order valence-corrected chi connectivity index (χ3v) is 5.00. The smallest absolute Gasteiger partial charge is 0.355 e. The lowest BCUT2D eigenvalue weighted by atomic mass is 10.0. The van der Waals surface area contributed by atoms with Gasteiger partial charge in [-0.15, -0.1) is 11.8 Å². The minimum Gasteiger partial charge on any atom is -0.461 e. The molecule has 2 aliphatic rings. The fraction of sp³-hybridized carbons (Fsp3) is 0.600. The van der Waals surface area contributed by atoms with Crippen molar-refractivity contribution in [1.29, 1.82) is 0 Å². The fourth-order valence-corrected chi connectivity index (χ4v) is 4.16. The second kappa shape index (κ2) is 5.15. The zero-order valence-electron chi connectivity index (χ0n) is 9.31. The molecule has 0 aromatic carbocycles. The van der Waals surface area contributed by atoms with Crippen molar-refractivity contribution >= 4 is 46.2 Å². The van der Waals surface area contributed by atoms with Crippen molar-refractivity contribution in [2.24, 2.45) is 5.73 Å². The number of carbonyl (C=O) groups excluding carboxylic acids is 2. The second-order valence-electron chi connectivity index (χ2n) is 3.74. The van der Waals surface area contributed by atoms with Gasteiger partial charge in [-0.05, 0) is 12.5 Å². The van der Waals surface area contributed by atoms with E-state index in [9.17, 15) is 9.59 Å². The average Bonchev–Trinajstić information content (AvgIpc) is 2.36. The van der Waals surface area contributed by atoms with Gasteiger partial charge in [-0.1, -0.05) is 22.6 Å². The van der Waals surface area contributed by atoms with Crippen LogP contribution in [0.2, 0.25) is 0 Å². The molecule has 2 rings (SSSR count). The number of thioether (sulfide) groups is 1. The van der Waals surface area contributed by atoms with Crippen molar-refractivity contribution < 1.29 is 14.3 Å². The number of nitrogens with two attached hydrogens (primary N) is 1. The zero-order valence-corrected chi connectivity index (χ0v) is 12.3. The number of carbonyl (C=O) groups is 2. The number of alkyl halides is 1. The van der Waals surface area contributed by atoms with Crippen LogP contribution in [0, 0.1) is 0 Å². The molecule has 0 bridgehead atoms. The quantitative estimate of drug-likeness (QED) is 0.340. The van der Waals surface area contributed by atoms with Crippen LogP contribution in [0.4, 0.5) is 0 Å². The Bertz CT molecular complexity index is 399. The summed E-state index contributed by atoms with van der Waals surface area (Å²) in [6.07, 6.45) is 0. The molecule has 1 saturated heterocycles. The SMILES string of the molecule is CCOC(=O)C1=C(CI)CS[C@@H]2C(N)C(=O)N12. The van der Waals surface area contributed by atoms with Gasteiger partial charge in [-0.25, -0.2) is 4.79 Å². The maximum atomic E-state index is 11.9. The van der Waals surface area contributed by atoms with Crippen molar-refractivity contribution in [2.45, 2.75) is 18.3 Å². The molecule has 17 heavy (non-hydrogen) atoms. The predicted octanol–water partition coefficient (Wildman–Crippen LogP) is 0.481. The molecule has 1 unspecified atom stereocenters. The van der Waals surface area contributed by atoms with E-state index < -0.39 is 12.0 Å². The summed E-state index contributed by atoms with van der Waals surface area (Å²) in [4.78, 5) is 25.1. The Hall–Kier alpha value is -0.280. The molecule has 0 aromatic heterocycles. The maximum absolute atomic E-state index is 11.9. The molecular weight excluding hydrogens is 355 g/mol. The molecule has 94 valence electrons. The normalized spacial score (nSPS) is 27.7. The van der Waals surface area contributed by atoms with Gasteiger partial charge in [0.1, 0.15) is 17.1 Å². The van der Waals surface area contributed by atoms with Crippen LogP contribution in [0.25, 0.3) is 0 Å². The third kappa shape index (κ3) is 2.08. The number of fused-ring (bicyclic) bond motifs is 1. The molecule has 2 atom stereocenters. The third-order valence-electron chi connectivity index (χ3n) is 2.72. The Morgan fingerprint density at radius 1 is 1.71 bits per heavy atom. The van der Waals surface area contributed by atoms with Gasteiger partial charge in [-0.3, -0.25) is 9.69 Å². The van der Waals surface area contributed by atoms with Gasteiger partial charge < -0.3 is 10.5 Å². The van der Waals surface area contributed by atoms with E-state index in [4.69, 9.17) is 10.5 Å². The Morgan fingerprint density at radius 3 is 3.00 bits per heavy atom. The highest BCUT2D eigenvalue weighted by molar-refractivity contribution is 14.1. The van der Waals surface area contributed by atoms with Crippen molar-refractivity contribution in [1.82, 2.24) is 4.90 Å². The van der Waals surface area contributed by atoms with Gasteiger partial charge >= 0.3 is 5.97 Å². The summed E-state index contributed by atoms with van der Waals surface area (Å²) < 4.78 is 5.72. The summed E-state index contributed by atoms with van der Waals surface area (Å²) in [5, 5.41) is -0.103. The second-order valence-corrected chi connectivity index (χ2v) is 5.61. The molecule has 0 radical (unpaired) electrons. The maximum Gasteiger partial charge on any atom is 0.355 e. The molecule has 2 aliphatic heterocycles. The van der Waals surface area contributed by atoms with Gasteiger partial charge in [0.15, 0.2) is 0 Å². The standard InChI is InChI=1S/C10H13IN2O3S/c1-2-16-10(15)7-5(3-11)4-17-9-6(12)8(14)13(7)9/h6,9H,2-4,12H2,1H3/t6?,9-/m1/s1. The zero-order chi connectivity index (χ0) is 12.6. The summed E-state index contributed by atoms with van der Waals surface area (Å²) in [7, 11) is 0. The van der Waals surface area contributed by atoms with Crippen molar-refractivity contribution in [2.75, 3.05) is 16.8 Å². The van der Waals surface area contributed by atoms with E-state index in [1.54, 1.807) is 18.7 Å².